The van der Waals surface area contributed by atoms with Gasteiger partial charge in [-0.1, -0.05) is 41.9 Å². The fourth-order valence-corrected chi connectivity index (χ4v) is 4.91. The largest absolute Gasteiger partial charge is 0.218 e. The van der Waals surface area contributed by atoms with Gasteiger partial charge in [-0.25, -0.2) is 21.6 Å². The van der Waals surface area contributed by atoms with Crippen LogP contribution in [0.2, 0.25) is 10.0 Å². The van der Waals surface area contributed by atoms with Crippen molar-refractivity contribution in [2.75, 3.05) is 0 Å². The highest BCUT2D eigenvalue weighted by Crippen LogP contribution is 2.37. The Morgan fingerprint density at radius 2 is 1.52 bits per heavy atom. The predicted molar refractivity (Wildman–Crippen MR) is 117 cm³/mol. The Labute approximate surface area is 188 Å². The number of aryl methyl sites for hydroxylation is 1. The van der Waals surface area contributed by atoms with E-state index in [1.54, 1.807) is 31.2 Å². The molecule has 0 amide bonds. The Kier molecular flexibility index (Phi) is 6.65. The second-order valence-electron chi connectivity index (χ2n) is 6.64. The van der Waals surface area contributed by atoms with Gasteiger partial charge in [0.2, 0.25) is 9.84 Å². The number of hydrogen-bond donors (Lipinski definition) is 0. The molecule has 31 heavy (non-hydrogen) atoms. The van der Waals surface area contributed by atoms with Crippen LogP contribution in [0.25, 0.3) is 5.57 Å². The molecule has 0 fully saturated rings. The summed E-state index contributed by atoms with van der Waals surface area (Å²) in [4.78, 5) is -0.914. The summed E-state index contributed by atoms with van der Waals surface area (Å²) >= 11 is 11.9. The van der Waals surface area contributed by atoms with Crippen LogP contribution in [0.3, 0.4) is 0 Å². The molecular weight excluding hydrogens is 468 g/mol. The molecule has 0 bridgehead atoms. The number of halogens is 5. The molecule has 0 spiro atoms. The first-order valence-corrected chi connectivity index (χ1v) is 11.1. The normalized spacial score (nSPS) is 12.5. The molecular formula is C23H15Cl2F3O2S. The van der Waals surface area contributed by atoms with Crippen molar-refractivity contribution in [3.8, 4) is 0 Å². The predicted octanol–water partition coefficient (Wildman–Crippen LogP) is 7.14. The van der Waals surface area contributed by atoms with Gasteiger partial charge in [0.15, 0.2) is 0 Å². The van der Waals surface area contributed by atoms with Crippen LogP contribution in [0, 0.1) is 24.4 Å². The van der Waals surface area contributed by atoms with Gasteiger partial charge in [-0.3, -0.25) is 0 Å². The molecule has 0 atom stereocenters. The Balaban J connectivity index is 2.44. The molecule has 3 aromatic rings. The minimum absolute atomic E-state index is 0.135. The Morgan fingerprint density at radius 1 is 0.935 bits per heavy atom. The van der Waals surface area contributed by atoms with E-state index in [9.17, 15) is 21.6 Å². The van der Waals surface area contributed by atoms with Crippen LogP contribution in [0.5, 0.6) is 0 Å². The maximum absolute atomic E-state index is 14.0. The van der Waals surface area contributed by atoms with E-state index in [2.05, 4.69) is 6.58 Å². The SMILES string of the molecule is C=C/C(=C(/c1ccc(Cl)cc1)c1cc(Cl)c(F)cc1C)S(=O)(=O)c1cc(F)cc(F)c1. The second kappa shape index (κ2) is 8.91. The summed E-state index contributed by atoms with van der Waals surface area (Å²) in [5.41, 5.74) is 1.25. The molecule has 0 heterocycles. The molecule has 0 aromatic heterocycles. The smallest absolute Gasteiger partial charge is 0.207 e. The lowest BCUT2D eigenvalue weighted by molar-refractivity contribution is 0.569. The van der Waals surface area contributed by atoms with Crippen molar-refractivity contribution in [3.05, 3.63) is 116 Å². The third kappa shape index (κ3) is 4.71. The standard InChI is InChI=1S/C23H15Cl2F3O2S/c1-3-22(31(29,30)18-10-16(26)9-17(27)11-18)23(14-4-6-15(24)7-5-14)19-12-20(25)21(28)8-13(19)2/h3-12H,1H2,2H3/b23-22+. The Bertz CT molecular complexity index is 1300. The van der Waals surface area contributed by atoms with Crippen LogP contribution in [0.1, 0.15) is 16.7 Å². The van der Waals surface area contributed by atoms with Crippen LogP contribution < -0.4 is 0 Å². The summed E-state index contributed by atoms with van der Waals surface area (Å²) in [6.07, 6.45) is 1.07. The molecule has 0 N–H and O–H groups in total. The van der Waals surface area contributed by atoms with Gasteiger partial charge in [0.05, 0.1) is 14.8 Å². The third-order valence-corrected chi connectivity index (χ3v) is 6.88. The minimum atomic E-state index is -4.43. The summed E-state index contributed by atoms with van der Waals surface area (Å²) < 4.78 is 68.3. The summed E-state index contributed by atoms with van der Waals surface area (Å²) in [6.45, 7) is 5.18. The zero-order valence-electron chi connectivity index (χ0n) is 16.1. The summed E-state index contributed by atoms with van der Waals surface area (Å²) in [5.74, 6) is -2.76. The molecule has 2 nitrogen and oxygen atoms in total. The first-order valence-electron chi connectivity index (χ1n) is 8.84. The van der Waals surface area contributed by atoms with Crippen LogP contribution >= 0.6 is 23.2 Å². The van der Waals surface area contributed by atoms with Crippen molar-refractivity contribution in [3.63, 3.8) is 0 Å². The van der Waals surface area contributed by atoms with E-state index >= 15 is 0 Å². The van der Waals surface area contributed by atoms with Crippen LogP contribution in [0.15, 0.2) is 77.1 Å². The fourth-order valence-electron chi connectivity index (χ4n) is 3.12. The highest BCUT2D eigenvalue weighted by Gasteiger charge is 2.26. The molecule has 0 aliphatic heterocycles. The molecule has 0 aliphatic carbocycles. The van der Waals surface area contributed by atoms with E-state index in [-0.39, 0.29) is 15.5 Å². The summed E-state index contributed by atoms with van der Waals surface area (Å²) in [6, 6.07) is 10.7. The number of rotatable bonds is 5. The van der Waals surface area contributed by atoms with E-state index in [1.165, 1.54) is 12.1 Å². The fraction of sp³-hybridized carbons (Fsp3) is 0.0435. The monoisotopic (exact) mass is 482 g/mol. The van der Waals surface area contributed by atoms with Crippen molar-refractivity contribution in [1.29, 1.82) is 0 Å². The molecule has 3 rings (SSSR count). The quantitative estimate of drug-likeness (QED) is 0.362. The van der Waals surface area contributed by atoms with E-state index in [0.717, 1.165) is 6.08 Å². The van der Waals surface area contributed by atoms with Crippen molar-refractivity contribution >= 4 is 38.6 Å². The molecule has 0 unspecified atom stereocenters. The average molecular weight is 483 g/mol. The molecule has 0 saturated carbocycles. The highest BCUT2D eigenvalue weighted by molar-refractivity contribution is 7.95. The summed E-state index contributed by atoms with van der Waals surface area (Å²) in [7, 11) is -4.43. The van der Waals surface area contributed by atoms with Gasteiger partial charge in [0.25, 0.3) is 0 Å². The number of allylic oxidation sites excluding steroid dienone is 1. The van der Waals surface area contributed by atoms with Gasteiger partial charge in [-0.15, -0.1) is 0 Å². The van der Waals surface area contributed by atoms with Crippen molar-refractivity contribution in [1.82, 2.24) is 0 Å². The van der Waals surface area contributed by atoms with E-state index in [4.69, 9.17) is 23.2 Å². The first-order chi connectivity index (χ1) is 14.5. The zero-order valence-corrected chi connectivity index (χ0v) is 18.4. The summed E-state index contributed by atoms with van der Waals surface area (Å²) in [5, 5.41) is 0.192. The Morgan fingerprint density at radius 3 is 2.06 bits per heavy atom. The Hall–Kier alpha value is -2.54. The maximum atomic E-state index is 14.0. The lowest BCUT2D eigenvalue weighted by atomic mass is 9.94. The lowest BCUT2D eigenvalue weighted by Gasteiger charge is -2.17. The second-order valence-corrected chi connectivity index (χ2v) is 9.40. The van der Waals surface area contributed by atoms with Crippen LogP contribution in [-0.4, -0.2) is 8.42 Å². The van der Waals surface area contributed by atoms with Gasteiger partial charge in [-0.2, -0.15) is 0 Å². The van der Waals surface area contributed by atoms with Crippen molar-refractivity contribution in [2.24, 2.45) is 0 Å². The molecule has 3 aromatic carbocycles. The van der Waals surface area contributed by atoms with E-state index < -0.39 is 32.2 Å². The van der Waals surface area contributed by atoms with Crippen molar-refractivity contribution < 1.29 is 21.6 Å². The van der Waals surface area contributed by atoms with Gasteiger partial charge in [0.1, 0.15) is 17.5 Å². The molecule has 8 heteroatoms. The average Bonchev–Trinajstić information content (AvgIpc) is 2.69. The molecule has 0 aliphatic rings. The van der Waals surface area contributed by atoms with Gasteiger partial charge in [-0.05, 0) is 66.1 Å². The molecule has 160 valence electrons. The minimum Gasteiger partial charge on any atom is -0.218 e. The molecule has 0 saturated heterocycles. The van der Waals surface area contributed by atoms with Gasteiger partial charge < -0.3 is 0 Å². The van der Waals surface area contributed by atoms with Crippen LogP contribution in [0.4, 0.5) is 13.2 Å². The third-order valence-electron chi connectivity index (χ3n) is 4.54. The first kappa shape index (κ1) is 23.1. The van der Waals surface area contributed by atoms with E-state index in [0.29, 0.717) is 39.9 Å². The van der Waals surface area contributed by atoms with Gasteiger partial charge in [0, 0.05) is 16.7 Å². The van der Waals surface area contributed by atoms with Gasteiger partial charge >= 0.3 is 0 Å². The van der Waals surface area contributed by atoms with Crippen LogP contribution in [-0.2, 0) is 9.84 Å². The lowest BCUT2D eigenvalue weighted by Crippen LogP contribution is -2.09. The number of benzene rings is 3. The maximum Gasteiger partial charge on any atom is 0.207 e. The van der Waals surface area contributed by atoms with Crippen molar-refractivity contribution in [2.45, 2.75) is 11.8 Å². The number of sulfone groups is 1. The number of hydrogen-bond acceptors (Lipinski definition) is 2. The highest BCUT2D eigenvalue weighted by atomic mass is 35.5. The molecule has 0 radical (unpaired) electrons. The topological polar surface area (TPSA) is 34.1 Å². The zero-order chi connectivity index (χ0) is 22.9. The van der Waals surface area contributed by atoms with E-state index in [1.807, 2.05) is 0 Å².